The summed E-state index contributed by atoms with van der Waals surface area (Å²) < 4.78 is 24.2. The number of nitrogens with one attached hydrogen (secondary N) is 1. The highest BCUT2D eigenvalue weighted by atomic mass is 32.2. The van der Waals surface area contributed by atoms with Gasteiger partial charge in [-0.1, -0.05) is 18.2 Å². The lowest BCUT2D eigenvalue weighted by molar-refractivity contribution is 0.194. The van der Waals surface area contributed by atoms with Crippen molar-refractivity contribution in [3.05, 3.63) is 35.2 Å². The van der Waals surface area contributed by atoms with Crippen LogP contribution in [0.25, 0.3) is 10.1 Å². The molecule has 1 fully saturated rings. The second-order valence-corrected chi connectivity index (χ2v) is 8.72. The Morgan fingerprint density at radius 2 is 2.18 bits per heavy atom. The smallest absolute Gasteiger partial charge is 0.317 e. The summed E-state index contributed by atoms with van der Waals surface area (Å²) in [5, 5.41) is 6.08. The van der Waals surface area contributed by atoms with Crippen molar-refractivity contribution in [3.63, 3.8) is 0 Å². The first kappa shape index (κ1) is 15.3. The minimum atomic E-state index is -2.98. The van der Waals surface area contributed by atoms with Crippen molar-refractivity contribution in [2.75, 3.05) is 18.6 Å². The normalized spacial score (nSPS) is 20.1. The quantitative estimate of drug-likeness (QED) is 0.933. The molecular formula is C15H18N2O3S2. The first-order valence-corrected chi connectivity index (χ1v) is 9.82. The number of urea groups is 1. The van der Waals surface area contributed by atoms with Gasteiger partial charge in [-0.15, -0.1) is 11.3 Å². The molecule has 22 heavy (non-hydrogen) atoms. The molecular weight excluding hydrogens is 320 g/mol. The molecule has 1 atom stereocenters. The minimum absolute atomic E-state index is 0.0678. The predicted octanol–water partition coefficient (Wildman–Crippen LogP) is 2.23. The molecule has 1 aromatic carbocycles. The van der Waals surface area contributed by atoms with E-state index >= 15 is 0 Å². The molecule has 1 N–H and O–H groups in total. The van der Waals surface area contributed by atoms with Gasteiger partial charge in [-0.25, -0.2) is 13.2 Å². The maximum absolute atomic E-state index is 12.2. The van der Waals surface area contributed by atoms with Crippen LogP contribution in [0, 0.1) is 0 Å². The molecule has 3 rings (SSSR count). The van der Waals surface area contributed by atoms with Crippen molar-refractivity contribution in [2.45, 2.75) is 19.0 Å². The maximum atomic E-state index is 12.2. The topological polar surface area (TPSA) is 66.5 Å². The molecule has 1 aliphatic heterocycles. The van der Waals surface area contributed by atoms with Crippen molar-refractivity contribution in [1.82, 2.24) is 10.2 Å². The van der Waals surface area contributed by atoms with Crippen LogP contribution >= 0.6 is 11.3 Å². The van der Waals surface area contributed by atoms with E-state index in [0.717, 1.165) is 10.9 Å². The van der Waals surface area contributed by atoms with Crippen LogP contribution in [0.2, 0.25) is 0 Å². The van der Waals surface area contributed by atoms with E-state index in [9.17, 15) is 13.2 Å². The zero-order chi connectivity index (χ0) is 15.7. The van der Waals surface area contributed by atoms with Gasteiger partial charge in [-0.05, 0) is 28.8 Å². The summed E-state index contributed by atoms with van der Waals surface area (Å²) in [7, 11) is -1.32. The Hall–Kier alpha value is -1.60. The van der Waals surface area contributed by atoms with Gasteiger partial charge >= 0.3 is 6.03 Å². The zero-order valence-electron chi connectivity index (χ0n) is 12.3. The Balaban J connectivity index is 1.63. The van der Waals surface area contributed by atoms with E-state index in [0.29, 0.717) is 13.0 Å². The van der Waals surface area contributed by atoms with E-state index in [4.69, 9.17) is 0 Å². The van der Waals surface area contributed by atoms with Gasteiger partial charge in [0, 0.05) is 24.3 Å². The Bertz CT molecular complexity index is 798. The lowest BCUT2D eigenvalue weighted by Crippen LogP contribution is -2.43. The van der Waals surface area contributed by atoms with Crippen molar-refractivity contribution in [3.8, 4) is 0 Å². The molecule has 0 saturated carbocycles. The lowest BCUT2D eigenvalue weighted by atomic mass is 10.2. The van der Waals surface area contributed by atoms with E-state index < -0.39 is 9.84 Å². The molecule has 0 spiro atoms. The molecule has 5 nitrogen and oxygen atoms in total. The first-order chi connectivity index (χ1) is 10.5. The fourth-order valence-corrected chi connectivity index (χ4v) is 5.45. The third kappa shape index (κ3) is 3.10. The summed E-state index contributed by atoms with van der Waals surface area (Å²) in [4.78, 5) is 13.7. The van der Waals surface area contributed by atoms with E-state index in [1.165, 1.54) is 9.60 Å². The van der Waals surface area contributed by atoms with Gasteiger partial charge in [-0.3, -0.25) is 0 Å². The summed E-state index contributed by atoms with van der Waals surface area (Å²) in [5.74, 6) is 0.239. The average molecular weight is 338 g/mol. The van der Waals surface area contributed by atoms with E-state index in [-0.39, 0.29) is 23.6 Å². The lowest BCUT2D eigenvalue weighted by Gasteiger charge is -2.23. The minimum Gasteiger partial charge on any atom is -0.334 e. The average Bonchev–Trinajstić information content (AvgIpc) is 3.07. The van der Waals surface area contributed by atoms with Gasteiger partial charge in [0.1, 0.15) is 0 Å². The molecule has 0 bridgehead atoms. The zero-order valence-corrected chi connectivity index (χ0v) is 13.9. The number of fused-ring (bicyclic) bond motifs is 1. The number of carbonyl (C=O) groups is 1. The molecule has 2 amide bonds. The van der Waals surface area contributed by atoms with E-state index in [1.54, 1.807) is 18.4 Å². The number of hydrogen-bond donors (Lipinski definition) is 1. The van der Waals surface area contributed by atoms with E-state index in [2.05, 4.69) is 11.4 Å². The maximum Gasteiger partial charge on any atom is 0.317 e. The summed E-state index contributed by atoms with van der Waals surface area (Å²) in [6, 6.07) is 7.63. The van der Waals surface area contributed by atoms with Gasteiger partial charge < -0.3 is 10.2 Å². The number of amides is 2. The fraction of sp³-hybridized carbons (Fsp3) is 0.400. The number of nitrogens with zero attached hydrogens (tertiary/aromatic N) is 1. The van der Waals surface area contributed by atoms with E-state index in [1.807, 2.05) is 23.6 Å². The number of sulfone groups is 1. The summed E-state index contributed by atoms with van der Waals surface area (Å²) in [5.41, 5.74) is 1.08. The number of rotatable bonds is 3. The molecule has 118 valence electrons. The molecule has 2 heterocycles. The van der Waals surface area contributed by atoms with Crippen LogP contribution in [-0.2, 0) is 16.4 Å². The highest BCUT2D eigenvalue weighted by molar-refractivity contribution is 7.91. The van der Waals surface area contributed by atoms with Crippen molar-refractivity contribution in [2.24, 2.45) is 0 Å². The fourth-order valence-electron chi connectivity index (χ4n) is 2.71. The predicted molar refractivity (Wildman–Crippen MR) is 88.9 cm³/mol. The van der Waals surface area contributed by atoms with Gasteiger partial charge in [0.05, 0.1) is 11.5 Å². The van der Waals surface area contributed by atoms with Crippen LogP contribution in [0.5, 0.6) is 0 Å². The molecule has 1 aromatic heterocycles. The second-order valence-electron chi connectivity index (χ2n) is 5.58. The molecule has 0 radical (unpaired) electrons. The van der Waals surface area contributed by atoms with Crippen LogP contribution in [0.4, 0.5) is 4.79 Å². The Kier molecular flexibility index (Phi) is 4.10. The van der Waals surface area contributed by atoms with Gasteiger partial charge in [-0.2, -0.15) is 0 Å². The molecule has 0 aliphatic carbocycles. The van der Waals surface area contributed by atoms with Crippen molar-refractivity contribution < 1.29 is 13.2 Å². The van der Waals surface area contributed by atoms with Gasteiger partial charge in [0.2, 0.25) is 0 Å². The first-order valence-electron chi connectivity index (χ1n) is 7.12. The summed E-state index contributed by atoms with van der Waals surface area (Å²) >= 11 is 1.65. The highest BCUT2D eigenvalue weighted by Crippen LogP contribution is 2.25. The van der Waals surface area contributed by atoms with Gasteiger partial charge in [0.15, 0.2) is 9.84 Å². The SMILES string of the molecule is CN(C(=O)NCc1csc2ccccc12)[C@H]1CCS(=O)(=O)C1. The largest absolute Gasteiger partial charge is 0.334 e. The highest BCUT2D eigenvalue weighted by Gasteiger charge is 2.32. The molecule has 2 aromatic rings. The van der Waals surface area contributed by atoms with Crippen LogP contribution in [0.15, 0.2) is 29.6 Å². The summed E-state index contributed by atoms with van der Waals surface area (Å²) in [6.45, 7) is 0.451. The van der Waals surface area contributed by atoms with Crippen LogP contribution in [0.3, 0.4) is 0 Å². The number of carbonyl (C=O) groups excluding carboxylic acids is 1. The third-order valence-electron chi connectivity index (χ3n) is 4.07. The monoisotopic (exact) mass is 338 g/mol. The molecule has 1 saturated heterocycles. The van der Waals surface area contributed by atoms with Crippen molar-refractivity contribution >= 4 is 37.3 Å². The van der Waals surface area contributed by atoms with Crippen LogP contribution < -0.4 is 5.32 Å². The molecule has 0 unspecified atom stereocenters. The molecule has 1 aliphatic rings. The van der Waals surface area contributed by atoms with Crippen molar-refractivity contribution in [1.29, 1.82) is 0 Å². The Labute approximate surface area is 133 Å². The van der Waals surface area contributed by atoms with Crippen LogP contribution in [-0.4, -0.2) is 43.9 Å². The number of thiophene rings is 1. The van der Waals surface area contributed by atoms with Crippen LogP contribution in [0.1, 0.15) is 12.0 Å². The standard InChI is InChI=1S/C15H18N2O3S2/c1-17(12-6-7-22(19,20)10-12)15(18)16-8-11-9-21-14-5-3-2-4-13(11)14/h2-5,9,12H,6-8,10H2,1H3,(H,16,18)/t12-/m0/s1. The Morgan fingerprint density at radius 1 is 1.41 bits per heavy atom. The summed E-state index contributed by atoms with van der Waals surface area (Å²) in [6.07, 6.45) is 0.521. The number of hydrogen-bond acceptors (Lipinski definition) is 4. The Morgan fingerprint density at radius 3 is 2.91 bits per heavy atom. The molecule has 7 heteroatoms. The van der Waals surface area contributed by atoms with Gasteiger partial charge in [0.25, 0.3) is 0 Å². The third-order valence-corrected chi connectivity index (χ3v) is 6.83. The second kappa shape index (κ2) is 5.89. The number of benzene rings is 1.